The first kappa shape index (κ1) is 10.2. The fraction of sp³-hybridized carbons (Fsp3) is 0.778. The van der Waals surface area contributed by atoms with Gasteiger partial charge in [0.1, 0.15) is 0 Å². The highest BCUT2D eigenvalue weighted by atomic mass is 16.5. The third-order valence-corrected chi connectivity index (χ3v) is 1.72. The third-order valence-electron chi connectivity index (χ3n) is 1.72. The van der Waals surface area contributed by atoms with E-state index in [-0.39, 0.29) is 11.5 Å². The lowest BCUT2D eigenvalue weighted by Crippen LogP contribution is -2.28. The lowest BCUT2D eigenvalue weighted by Gasteiger charge is -2.21. The Balaban J connectivity index is 2.38. The molecule has 4 nitrogen and oxygen atoms in total. The van der Waals surface area contributed by atoms with Gasteiger partial charge in [0.25, 0.3) is 0 Å². The summed E-state index contributed by atoms with van der Waals surface area (Å²) in [7, 11) is 0. The molecule has 4 heteroatoms. The summed E-state index contributed by atoms with van der Waals surface area (Å²) in [4.78, 5) is 3.93. The Hall–Kier alpha value is -0.900. The predicted octanol–water partition coefficient (Wildman–Crippen LogP) is 1.38. The number of nitrogens with two attached hydrogens (primary N) is 1. The summed E-state index contributed by atoms with van der Waals surface area (Å²) in [5.41, 5.74) is 6.17. The second-order valence-electron chi connectivity index (χ2n) is 4.56. The number of rotatable bonds is 3. The quantitative estimate of drug-likeness (QED) is 0.768. The van der Waals surface area contributed by atoms with Gasteiger partial charge in [-0.15, -0.1) is 0 Å². The van der Waals surface area contributed by atoms with E-state index in [1.807, 2.05) is 0 Å². The van der Waals surface area contributed by atoms with Crippen molar-refractivity contribution in [2.45, 2.75) is 39.7 Å². The highest BCUT2D eigenvalue weighted by Crippen LogP contribution is 2.20. The minimum Gasteiger partial charge on any atom is -0.340 e. The molecule has 0 aliphatic rings. The number of hydrogen-bond donors (Lipinski definition) is 1. The number of nitrogens with zero attached hydrogens (tertiary/aromatic N) is 2. The van der Waals surface area contributed by atoms with Gasteiger partial charge in [-0.05, 0) is 11.8 Å². The molecule has 0 aliphatic heterocycles. The predicted molar refractivity (Wildman–Crippen MR) is 50.0 cm³/mol. The Kier molecular flexibility index (Phi) is 3.03. The van der Waals surface area contributed by atoms with Crippen molar-refractivity contribution in [3.05, 3.63) is 12.2 Å². The second-order valence-corrected chi connectivity index (χ2v) is 4.56. The maximum Gasteiger partial charge on any atom is 0.227 e. The van der Waals surface area contributed by atoms with E-state index < -0.39 is 0 Å². The van der Waals surface area contributed by atoms with Crippen molar-refractivity contribution in [2.24, 2.45) is 11.1 Å². The minimum atomic E-state index is 0.0976. The summed E-state index contributed by atoms with van der Waals surface area (Å²) in [5, 5.41) is 3.53. The van der Waals surface area contributed by atoms with Crippen LogP contribution in [0.1, 0.15) is 33.1 Å². The molecule has 1 heterocycles. The largest absolute Gasteiger partial charge is 0.340 e. The van der Waals surface area contributed by atoms with Crippen LogP contribution >= 0.6 is 0 Å². The average molecular weight is 183 g/mol. The Morgan fingerprint density at radius 1 is 1.54 bits per heavy atom. The first-order chi connectivity index (χ1) is 5.97. The molecular formula is C9H17N3O. The Morgan fingerprint density at radius 2 is 2.23 bits per heavy atom. The average Bonchev–Trinajstić information content (AvgIpc) is 2.34. The zero-order valence-corrected chi connectivity index (χ0v) is 8.45. The van der Waals surface area contributed by atoms with E-state index >= 15 is 0 Å². The van der Waals surface area contributed by atoms with Crippen molar-refractivity contribution in [1.29, 1.82) is 0 Å². The molecule has 1 atom stereocenters. The van der Waals surface area contributed by atoms with E-state index in [1.165, 1.54) is 6.33 Å². The highest BCUT2D eigenvalue weighted by molar-refractivity contribution is 4.83. The van der Waals surface area contributed by atoms with Crippen LogP contribution in [0.2, 0.25) is 0 Å². The molecule has 1 rings (SSSR count). The topological polar surface area (TPSA) is 64.9 Å². The Labute approximate surface area is 78.5 Å². The van der Waals surface area contributed by atoms with Gasteiger partial charge in [-0.3, -0.25) is 0 Å². The van der Waals surface area contributed by atoms with E-state index in [0.29, 0.717) is 12.3 Å². The minimum absolute atomic E-state index is 0.0976. The van der Waals surface area contributed by atoms with Crippen LogP contribution in [0.4, 0.5) is 0 Å². The first-order valence-corrected chi connectivity index (χ1v) is 4.48. The van der Waals surface area contributed by atoms with E-state index in [0.717, 1.165) is 6.42 Å². The van der Waals surface area contributed by atoms with Crippen LogP contribution in [-0.2, 0) is 6.42 Å². The lowest BCUT2D eigenvalue weighted by atomic mass is 9.87. The number of aromatic nitrogens is 2. The van der Waals surface area contributed by atoms with Gasteiger partial charge >= 0.3 is 0 Å². The normalized spacial score (nSPS) is 14.5. The van der Waals surface area contributed by atoms with Gasteiger partial charge in [0, 0.05) is 12.5 Å². The van der Waals surface area contributed by atoms with Crippen LogP contribution in [0.15, 0.2) is 10.9 Å². The molecule has 13 heavy (non-hydrogen) atoms. The molecule has 0 saturated heterocycles. The third kappa shape index (κ3) is 4.03. The van der Waals surface area contributed by atoms with Gasteiger partial charge in [0.2, 0.25) is 5.89 Å². The molecule has 0 spiro atoms. The molecule has 0 fully saturated rings. The summed E-state index contributed by atoms with van der Waals surface area (Å²) in [6, 6.07) is 0.0976. The van der Waals surface area contributed by atoms with Crippen LogP contribution in [0, 0.1) is 5.41 Å². The van der Waals surface area contributed by atoms with Crippen LogP contribution in [0.5, 0.6) is 0 Å². The molecule has 0 aromatic carbocycles. The highest BCUT2D eigenvalue weighted by Gasteiger charge is 2.17. The van der Waals surface area contributed by atoms with Crippen molar-refractivity contribution in [1.82, 2.24) is 10.1 Å². The first-order valence-electron chi connectivity index (χ1n) is 4.48. The molecule has 0 saturated carbocycles. The summed E-state index contributed by atoms with van der Waals surface area (Å²) in [6.45, 7) is 6.50. The zero-order valence-electron chi connectivity index (χ0n) is 8.45. The van der Waals surface area contributed by atoms with Crippen molar-refractivity contribution in [2.75, 3.05) is 0 Å². The van der Waals surface area contributed by atoms with Gasteiger partial charge in [0.05, 0.1) is 0 Å². The maximum absolute atomic E-state index is 5.92. The molecule has 1 aromatic rings. The fourth-order valence-corrected chi connectivity index (χ4v) is 1.37. The zero-order chi connectivity index (χ0) is 9.90. The van der Waals surface area contributed by atoms with Gasteiger partial charge in [0.15, 0.2) is 6.33 Å². The Bertz CT molecular complexity index is 238. The van der Waals surface area contributed by atoms with Crippen LogP contribution < -0.4 is 5.73 Å². The fourth-order valence-electron chi connectivity index (χ4n) is 1.37. The van der Waals surface area contributed by atoms with Gasteiger partial charge in [-0.25, -0.2) is 0 Å². The van der Waals surface area contributed by atoms with Crippen molar-refractivity contribution in [3.8, 4) is 0 Å². The van der Waals surface area contributed by atoms with E-state index in [9.17, 15) is 0 Å². The van der Waals surface area contributed by atoms with Gasteiger partial charge in [-0.2, -0.15) is 4.98 Å². The molecule has 1 unspecified atom stereocenters. The van der Waals surface area contributed by atoms with E-state index in [2.05, 4.69) is 30.9 Å². The van der Waals surface area contributed by atoms with Gasteiger partial charge in [-0.1, -0.05) is 25.9 Å². The molecule has 1 aromatic heterocycles. The molecular weight excluding hydrogens is 166 g/mol. The Morgan fingerprint density at radius 3 is 2.69 bits per heavy atom. The molecule has 0 amide bonds. The monoisotopic (exact) mass is 183 g/mol. The van der Waals surface area contributed by atoms with E-state index in [4.69, 9.17) is 10.3 Å². The molecule has 0 radical (unpaired) electrons. The smallest absolute Gasteiger partial charge is 0.227 e. The summed E-state index contributed by atoms with van der Waals surface area (Å²) < 4.78 is 4.88. The lowest BCUT2D eigenvalue weighted by molar-refractivity contribution is 0.313. The van der Waals surface area contributed by atoms with Crippen LogP contribution in [0.25, 0.3) is 0 Å². The molecule has 0 aliphatic carbocycles. The molecule has 74 valence electrons. The molecule has 2 N–H and O–H groups in total. The second kappa shape index (κ2) is 3.87. The van der Waals surface area contributed by atoms with Crippen molar-refractivity contribution in [3.63, 3.8) is 0 Å². The van der Waals surface area contributed by atoms with Crippen molar-refractivity contribution < 1.29 is 4.52 Å². The van der Waals surface area contributed by atoms with Crippen LogP contribution in [-0.4, -0.2) is 16.2 Å². The molecule has 0 bridgehead atoms. The summed E-state index contributed by atoms with van der Waals surface area (Å²) in [6.07, 6.45) is 3.02. The number of hydrogen-bond acceptors (Lipinski definition) is 4. The van der Waals surface area contributed by atoms with Gasteiger partial charge < -0.3 is 10.3 Å². The maximum atomic E-state index is 5.92. The summed E-state index contributed by atoms with van der Waals surface area (Å²) >= 11 is 0. The SMILES string of the molecule is CC(C)(C)CC(N)Cc1ncno1. The standard InChI is InChI=1S/C9H17N3O/c1-9(2,3)5-7(10)4-8-11-6-12-13-8/h6-7H,4-5,10H2,1-3H3. The summed E-state index contributed by atoms with van der Waals surface area (Å²) in [5.74, 6) is 0.622. The van der Waals surface area contributed by atoms with E-state index in [1.54, 1.807) is 0 Å². The van der Waals surface area contributed by atoms with Crippen LogP contribution in [0.3, 0.4) is 0 Å². The van der Waals surface area contributed by atoms with Crippen molar-refractivity contribution >= 4 is 0 Å².